The lowest BCUT2D eigenvalue weighted by atomic mass is 10.2. The molecule has 1 amide bonds. The van der Waals surface area contributed by atoms with Crippen LogP contribution >= 0.6 is 27.5 Å². The van der Waals surface area contributed by atoms with Crippen molar-refractivity contribution in [3.63, 3.8) is 0 Å². The molecule has 0 bridgehead atoms. The first-order chi connectivity index (χ1) is 7.68. The zero-order valence-corrected chi connectivity index (χ0v) is 11.0. The van der Waals surface area contributed by atoms with E-state index in [0.29, 0.717) is 10.6 Å². The molecule has 86 valence electrons. The molecule has 0 radical (unpaired) electrons. The monoisotopic (exact) mass is 302 g/mol. The highest BCUT2D eigenvalue weighted by Gasteiger charge is 2.18. The SMILES string of the molecule is O=C(c1ccc(Cl)c(Br)c1)N1CCNCC1. The Hall–Kier alpha value is -0.580. The topological polar surface area (TPSA) is 32.3 Å². The van der Waals surface area contributed by atoms with Crippen molar-refractivity contribution in [2.75, 3.05) is 26.2 Å². The first-order valence-electron chi connectivity index (χ1n) is 5.13. The summed E-state index contributed by atoms with van der Waals surface area (Å²) < 4.78 is 0.759. The van der Waals surface area contributed by atoms with E-state index in [2.05, 4.69) is 21.2 Å². The summed E-state index contributed by atoms with van der Waals surface area (Å²) in [6.45, 7) is 3.25. The molecule has 1 saturated heterocycles. The minimum atomic E-state index is 0.0684. The van der Waals surface area contributed by atoms with Crippen LogP contribution in [0.3, 0.4) is 0 Å². The van der Waals surface area contributed by atoms with Gasteiger partial charge in [-0.3, -0.25) is 4.79 Å². The van der Waals surface area contributed by atoms with E-state index in [1.54, 1.807) is 18.2 Å². The quantitative estimate of drug-likeness (QED) is 0.862. The predicted octanol–water partition coefficient (Wildman–Crippen LogP) is 2.15. The maximum absolute atomic E-state index is 12.1. The summed E-state index contributed by atoms with van der Waals surface area (Å²) >= 11 is 9.21. The van der Waals surface area contributed by atoms with Crippen molar-refractivity contribution in [1.29, 1.82) is 0 Å². The van der Waals surface area contributed by atoms with Gasteiger partial charge in [-0.2, -0.15) is 0 Å². The number of nitrogens with zero attached hydrogens (tertiary/aromatic N) is 1. The van der Waals surface area contributed by atoms with Gasteiger partial charge in [0.05, 0.1) is 5.02 Å². The maximum atomic E-state index is 12.1. The molecule has 2 rings (SSSR count). The van der Waals surface area contributed by atoms with Crippen LogP contribution in [0.15, 0.2) is 22.7 Å². The van der Waals surface area contributed by atoms with E-state index in [1.165, 1.54) is 0 Å². The van der Waals surface area contributed by atoms with Gasteiger partial charge in [-0.25, -0.2) is 0 Å². The molecule has 1 aliphatic heterocycles. The fraction of sp³-hybridized carbons (Fsp3) is 0.364. The number of rotatable bonds is 1. The van der Waals surface area contributed by atoms with Gasteiger partial charge in [0, 0.05) is 36.2 Å². The van der Waals surface area contributed by atoms with Crippen molar-refractivity contribution in [2.45, 2.75) is 0 Å². The Balaban J connectivity index is 2.16. The Morgan fingerprint density at radius 2 is 2.06 bits per heavy atom. The summed E-state index contributed by atoms with van der Waals surface area (Å²) in [6.07, 6.45) is 0. The van der Waals surface area contributed by atoms with Crippen LogP contribution in [0.4, 0.5) is 0 Å². The van der Waals surface area contributed by atoms with Crippen molar-refractivity contribution < 1.29 is 4.79 Å². The van der Waals surface area contributed by atoms with Gasteiger partial charge in [0.15, 0.2) is 0 Å². The van der Waals surface area contributed by atoms with Crippen molar-refractivity contribution in [3.8, 4) is 0 Å². The van der Waals surface area contributed by atoms with Crippen LogP contribution in [0, 0.1) is 0 Å². The zero-order chi connectivity index (χ0) is 11.5. The summed E-state index contributed by atoms with van der Waals surface area (Å²) in [5.41, 5.74) is 0.679. The molecular weight excluding hydrogens is 291 g/mol. The van der Waals surface area contributed by atoms with Crippen LogP contribution in [0.25, 0.3) is 0 Å². The number of hydrogen-bond donors (Lipinski definition) is 1. The Kier molecular flexibility index (Phi) is 3.84. The molecule has 0 saturated carbocycles. The second-order valence-electron chi connectivity index (χ2n) is 3.67. The van der Waals surface area contributed by atoms with Gasteiger partial charge < -0.3 is 10.2 Å². The van der Waals surface area contributed by atoms with Crippen molar-refractivity contribution in [3.05, 3.63) is 33.3 Å². The molecule has 1 heterocycles. The molecule has 0 spiro atoms. The number of carbonyl (C=O) groups is 1. The fourth-order valence-electron chi connectivity index (χ4n) is 1.68. The second-order valence-corrected chi connectivity index (χ2v) is 4.93. The summed E-state index contributed by atoms with van der Waals surface area (Å²) in [7, 11) is 0. The molecule has 3 nitrogen and oxygen atoms in total. The average molecular weight is 304 g/mol. The smallest absolute Gasteiger partial charge is 0.253 e. The Bertz CT molecular complexity index is 405. The molecule has 1 N–H and O–H groups in total. The summed E-state index contributed by atoms with van der Waals surface area (Å²) in [5.74, 6) is 0.0684. The van der Waals surface area contributed by atoms with E-state index >= 15 is 0 Å². The summed E-state index contributed by atoms with van der Waals surface area (Å²) in [4.78, 5) is 14.0. The number of hydrogen-bond acceptors (Lipinski definition) is 2. The molecule has 5 heteroatoms. The number of piperazine rings is 1. The molecular formula is C11H12BrClN2O. The summed E-state index contributed by atoms with van der Waals surface area (Å²) in [5, 5.41) is 3.84. The standard InChI is InChI=1S/C11H12BrClN2O/c12-9-7-8(1-2-10(9)13)11(16)15-5-3-14-4-6-15/h1-2,7,14H,3-6H2. The average Bonchev–Trinajstić information content (AvgIpc) is 2.33. The third-order valence-corrected chi connectivity index (χ3v) is 3.78. The lowest BCUT2D eigenvalue weighted by Crippen LogP contribution is -2.46. The highest BCUT2D eigenvalue weighted by molar-refractivity contribution is 9.10. The Morgan fingerprint density at radius 3 is 2.69 bits per heavy atom. The number of carbonyl (C=O) groups excluding carboxylic acids is 1. The minimum absolute atomic E-state index is 0.0684. The van der Waals surface area contributed by atoms with Crippen LogP contribution in [-0.4, -0.2) is 37.0 Å². The van der Waals surface area contributed by atoms with Crippen LogP contribution in [-0.2, 0) is 0 Å². The number of amides is 1. The molecule has 1 aromatic rings. The van der Waals surface area contributed by atoms with Gasteiger partial charge >= 0.3 is 0 Å². The van der Waals surface area contributed by atoms with Crippen molar-refractivity contribution >= 4 is 33.4 Å². The number of benzene rings is 1. The van der Waals surface area contributed by atoms with Crippen LogP contribution in [0.2, 0.25) is 5.02 Å². The minimum Gasteiger partial charge on any atom is -0.336 e. The van der Waals surface area contributed by atoms with E-state index in [9.17, 15) is 4.79 Å². The highest BCUT2D eigenvalue weighted by atomic mass is 79.9. The summed E-state index contributed by atoms with van der Waals surface area (Å²) in [6, 6.07) is 5.27. The number of nitrogens with one attached hydrogen (secondary N) is 1. The van der Waals surface area contributed by atoms with Gasteiger partial charge in [-0.1, -0.05) is 11.6 Å². The molecule has 0 atom stereocenters. The molecule has 1 fully saturated rings. The van der Waals surface area contributed by atoms with E-state index in [4.69, 9.17) is 11.6 Å². The molecule has 0 aromatic heterocycles. The van der Waals surface area contributed by atoms with E-state index < -0.39 is 0 Å². The van der Waals surface area contributed by atoms with Gasteiger partial charge in [-0.05, 0) is 34.1 Å². The number of halogens is 2. The molecule has 0 unspecified atom stereocenters. The second kappa shape index (κ2) is 5.17. The lowest BCUT2D eigenvalue weighted by Gasteiger charge is -2.27. The molecule has 1 aliphatic rings. The lowest BCUT2D eigenvalue weighted by molar-refractivity contribution is 0.0736. The highest BCUT2D eigenvalue weighted by Crippen LogP contribution is 2.23. The van der Waals surface area contributed by atoms with E-state index in [1.807, 2.05) is 4.90 Å². The van der Waals surface area contributed by atoms with Gasteiger partial charge in [0.2, 0.25) is 0 Å². The third-order valence-electron chi connectivity index (χ3n) is 2.57. The molecule has 16 heavy (non-hydrogen) atoms. The van der Waals surface area contributed by atoms with Crippen LogP contribution in [0.1, 0.15) is 10.4 Å². The largest absolute Gasteiger partial charge is 0.336 e. The van der Waals surface area contributed by atoms with Crippen molar-refractivity contribution in [2.24, 2.45) is 0 Å². The van der Waals surface area contributed by atoms with Crippen LogP contribution in [0.5, 0.6) is 0 Å². The third kappa shape index (κ3) is 2.56. The zero-order valence-electron chi connectivity index (χ0n) is 8.67. The van der Waals surface area contributed by atoms with Gasteiger partial charge in [0.1, 0.15) is 0 Å². The molecule has 0 aliphatic carbocycles. The predicted molar refractivity (Wildman–Crippen MR) is 67.9 cm³/mol. The van der Waals surface area contributed by atoms with E-state index in [-0.39, 0.29) is 5.91 Å². The van der Waals surface area contributed by atoms with Gasteiger partial charge in [-0.15, -0.1) is 0 Å². The molecule has 1 aromatic carbocycles. The normalized spacial score (nSPS) is 16.2. The maximum Gasteiger partial charge on any atom is 0.253 e. The first-order valence-corrected chi connectivity index (χ1v) is 6.30. The Morgan fingerprint density at radius 1 is 1.38 bits per heavy atom. The van der Waals surface area contributed by atoms with Crippen molar-refractivity contribution in [1.82, 2.24) is 10.2 Å². The first kappa shape index (κ1) is 11.9. The van der Waals surface area contributed by atoms with Gasteiger partial charge in [0.25, 0.3) is 5.91 Å². The van der Waals surface area contributed by atoms with E-state index in [0.717, 1.165) is 30.7 Å². The van der Waals surface area contributed by atoms with Crippen LogP contribution < -0.4 is 5.32 Å². The fourth-order valence-corrected chi connectivity index (χ4v) is 2.18. The Labute approximate surface area is 108 Å².